The van der Waals surface area contributed by atoms with Crippen molar-refractivity contribution in [1.82, 2.24) is 10.2 Å². The molecule has 4 nitrogen and oxygen atoms in total. The van der Waals surface area contributed by atoms with Gasteiger partial charge in [-0.3, -0.25) is 4.79 Å². The van der Waals surface area contributed by atoms with Crippen LogP contribution >= 0.6 is 0 Å². The molecule has 3 atom stereocenters. The second-order valence-electron chi connectivity index (χ2n) is 5.94. The molecule has 96 valence electrons. The standard InChI is InChI=1S/C13H23N3O/c14-13(17)9-3-5-16(6-4-9)12-2-1-10-7-15-8-11(10)12/h9-12,15H,1-8H2,(H2,14,17). The summed E-state index contributed by atoms with van der Waals surface area (Å²) in [6, 6.07) is 0.767. The number of nitrogens with one attached hydrogen (secondary N) is 1. The third-order valence-corrected chi connectivity index (χ3v) is 5.12. The molecule has 1 amide bonds. The van der Waals surface area contributed by atoms with Crippen molar-refractivity contribution >= 4 is 5.91 Å². The molecule has 0 radical (unpaired) electrons. The van der Waals surface area contributed by atoms with E-state index in [2.05, 4.69) is 10.2 Å². The van der Waals surface area contributed by atoms with Crippen LogP contribution in [0.15, 0.2) is 0 Å². The van der Waals surface area contributed by atoms with Gasteiger partial charge >= 0.3 is 0 Å². The first-order valence-corrected chi connectivity index (χ1v) is 7.00. The van der Waals surface area contributed by atoms with E-state index in [1.54, 1.807) is 0 Å². The molecule has 0 aromatic rings. The molecule has 3 N–H and O–H groups in total. The van der Waals surface area contributed by atoms with Crippen molar-refractivity contribution in [2.24, 2.45) is 23.5 Å². The molecule has 2 aliphatic heterocycles. The third kappa shape index (κ3) is 2.08. The zero-order valence-electron chi connectivity index (χ0n) is 10.4. The average molecular weight is 237 g/mol. The van der Waals surface area contributed by atoms with Gasteiger partial charge in [-0.25, -0.2) is 0 Å². The van der Waals surface area contributed by atoms with Gasteiger partial charge in [-0.05, 0) is 63.7 Å². The highest BCUT2D eigenvalue weighted by Gasteiger charge is 2.42. The molecule has 3 aliphatic rings. The minimum absolute atomic E-state index is 0.100. The molecule has 0 bridgehead atoms. The summed E-state index contributed by atoms with van der Waals surface area (Å²) in [5, 5.41) is 3.52. The predicted molar refractivity (Wildman–Crippen MR) is 66.4 cm³/mol. The Morgan fingerprint density at radius 2 is 1.88 bits per heavy atom. The van der Waals surface area contributed by atoms with E-state index in [-0.39, 0.29) is 11.8 Å². The lowest BCUT2D eigenvalue weighted by Crippen LogP contribution is -2.46. The number of carbonyl (C=O) groups excluding carboxylic acids is 1. The fraction of sp³-hybridized carbons (Fsp3) is 0.923. The fourth-order valence-corrected chi connectivity index (χ4v) is 4.09. The second kappa shape index (κ2) is 4.58. The first kappa shape index (κ1) is 11.5. The van der Waals surface area contributed by atoms with Crippen molar-refractivity contribution in [2.75, 3.05) is 26.2 Å². The molecular formula is C13H23N3O. The Morgan fingerprint density at radius 3 is 2.59 bits per heavy atom. The Morgan fingerprint density at radius 1 is 1.12 bits per heavy atom. The van der Waals surface area contributed by atoms with E-state index in [0.29, 0.717) is 0 Å². The minimum atomic E-state index is -0.100. The Bertz CT molecular complexity index is 299. The quantitative estimate of drug-likeness (QED) is 0.720. The molecule has 1 saturated carbocycles. The number of rotatable bonds is 2. The number of primary amides is 1. The van der Waals surface area contributed by atoms with E-state index < -0.39 is 0 Å². The number of likely N-dealkylation sites (tertiary alicyclic amines) is 1. The molecule has 4 heteroatoms. The van der Waals surface area contributed by atoms with Crippen molar-refractivity contribution in [3.8, 4) is 0 Å². The number of hydrogen-bond donors (Lipinski definition) is 2. The summed E-state index contributed by atoms with van der Waals surface area (Å²) in [6.07, 6.45) is 4.68. The van der Waals surface area contributed by atoms with E-state index in [0.717, 1.165) is 43.8 Å². The lowest BCUT2D eigenvalue weighted by atomic mass is 9.91. The number of fused-ring (bicyclic) bond motifs is 1. The van der Waals surface area contributed by atoms with E-state index in [9.17, 15) is 4.79 Å². The molecule has 3 unspecified atom stereocenters. The maximum atomic E-state index is 11.2. The van der Waals surface area contributed by atoms with Crippen molar-refractivity contribution in [1.29, 1.82) is 0 Å². The van der Waals surface area contributed by atoms with Gasteiger partial charge in [-0.2, -0.15) is 0 Å². The van der Waals surface area contributed by atoms with Gasteiger partial charge in [0.05, 0.1) is 0 Å². The molecule has 0 aromatic carbocycles. The number of nitrogens with two attached hydrogens (primary N) is 1. The van der Waals surface area contributed by atoms with Gasteiger partial charge in [0.1, 0.15) is 0 Å². The third-order valence-electron chi connectivity index (χ3n) is 5.12. The van der Waals surface area contributed by atoms with Gasteiger partial charge in [0.25, 0.3) is 0 Å². The summed E-state index contributed by atoms with van der Waals surface area (Å²) in [7, 11) is 0. The highest BCUT2D eigenvalue weighted by atomic mass is 16.1. The summed E-state index contributed by atoms with van der Waals surface area (Å²) < 4.78 is 0. The minimum Gasteiger partial charge on any atom is -0.369 e. The molecule has 3 rings (SSSR count). The van der Waals surface area contributed by atoms with Crippen LogP contribution in [0.2, 0.25) is 0 Å². The summed E-state index contributed by atoms with van der Waals surface area (Å²) in [5.74, 6) is 1.80. The number of hydrogen-bond acceptors (Lipinski definition) is 3. The van der Waals surface area contributed by atoms with E-state index >= 15 is 0 Å². The molecular weight excluding hydrogens is 214 g/mol. The molecule has 2 saturated heterocycles. The summed E-state index contributed by atoms with van der Waals surface area (Å²) in [6.45, 7) is 4.56. The molecule has 2 heterocycles. The monoisotopic (exact) mass is 237 g/mol. The molecule has 0 spiro atoms. The van der Waals surface area contributed by atoms with E-state index in [1.807, 2.05) is 0 Å². The van der Waals surface area contributed by atoms with Gasteiger partial charge in [-0.1, -0.05) is 0 Å². The van der Waals surface area contributed by atoms with Gasteiger partial charge in [-0.15, -0.1) is 0 Å². The van der Waals surface area contributed by atoms with Crippen LogP contribution in [0.4, 0.5) is 0 Å². The van der Waals surface area contributed by atoms with Crippen LogP contribution < -0.4 is 11.1 Å². The van der Waals surface area contributed by atoms with Crippen molar-refractivity contribution in [3.63, 3.8) is 0 Å². The van der Waals surface area contributed by atoms with Crippen molar-refractivity contribution in [3.05, 3.63) is 0 Å². The maximum Gasteiger partial charge on any atom is 0.220 e. The smallest absolute Gasteiger partial charge is 0.220 e. The Hall–Kier alpha value is -0.610. The summed E-state index contributed by atoms with van der Waals surface area (Å²) in [4.78, 5) is 13.8. The Kier molecular flexibility index (Phi) is 3.09. The highest BCUT2D eigenvalue weighted by Crippen LogP contribution is 2.38. The first-order chi connectivity index (χ1) is 8.25. The molecule has 0 aromatic heterocycles. The van der Waals surface area contributed by atoms with Gasteiger partial charge in [0.2, 0.25) is 5.91 Å². The van der Waals surface area contributed by atoms with Gasteiger partial charge < -0.3 is 16.0 Å². The lowest BCUT2D eigenvalue weighted by molar-refractivity contribution is -0.123. The number of piperidine rings is 1. The van der Waals surface area contributed by atoms with Crippen LogP contribution in [0, 0.1) is 17.8 Å². The van der Waals surface area contributed by atoms with Crippen LogP contribution in [0.25, 0.3) is 0 Å². The average Bonchev–Trinajstić information content (AvgIpc) is 2.90. The van der Waals surface area contributed by atoms with Crippen molar-refractivity contribution < 1.29 is 4.79 Å². The van der Waals surface area contributed by atoms with E-state index in [4.69, 9.17) is 5.73 Å². The number of amides is 1. The van der Waals surface area contributed by atoms with Gasteiger partial charge in [0.15, 0.2) is 0 Å². The van der Waals surface area contributed by atoms with Crippen molar-refractivity contribution in [2.45, 2.75) is 31.7 Å². The maximum absolute atomic E-state index is 11.2. The van der Waals surface area contributed by atoms with Crippen LogP contribution in [-0.4, -0.2) is 43.0 Å². The first-order valence-electron chi connectivity index (χ1n) is 7.00. The number of carbonyl (C=O) groups is 1. The van der Waals surface area contributed by atoms with Crippen LogP contribution in [0.1, 0.15) is 25.7 Å². The predicted octanol–water partition coefficient (Wildman–Crippen LogP) is 0.182. The Labute approximate surface area is 103 Å². The molecule has 1 aliphatic carbocycles. The molecule has 3 fully saturated rings. The normalized spacial score (nSPS) is 39.4. The van der Waals surface area contributed by atoms with Gasteiger partial charge in [0, 0.05) is 12.0 Å². The highest BCUT2D eigenvalue weighted by molar-refractivity contribution is 5.76. The van der Waals surface area contributed by atoms with Crippen LogP contribution in [-0.2, 0) is 4.79 Å². The largest absolute Gasteiger partial charge is 0.369 e. The second-order valence-corrected chi connectivity index (χ2v) is 5.94. The summed E-state index contributed by atoms with van der Waals surface area (Å²) >= 11 is 0. The fourth-order valence-electron chi connectivity index (χ4n) is 4.09. The SMILES string of the molecule is NC(=O)C1CCN(C2CCC3CNCC32)CC1. The molecule has 17 heavy (non-hydrogen) atoms. The van der Waals surface area contributed by atoms with Crippen LogP contribution in [0.3, 0.4) is 0 Å². The zero-order valence-corrected chi connectivity index (χ0v) is 10.4. The summed E-state index contributed by atoms with van der Waals surface area (Å²) in [5.41, 5.74) is 5.38. The number of nitrogens with zero attached hydrogens (tertiary/aromatic N) is 1. The van der Waals surface area contributed by atoms with Crippen LogP contribution in [0.5, 0.6) is 0 Å². The lowest BCUT2D eigenvalue weighted by Gasteiger charge is -2.37. The Balaban J connectivity index is 1.58. The topological polar surface area (TPSA) is 58.4 Å². The van der Waals surface area contributed by atoms with E-state index in [1.165, 1.54) is 25.9 Å². The zero-order chi connectivity index (χ0) is 11.8.